The molecule has 1 aromatic heterocycles. The predicted octanol–water partition coefficient (Wildman–Crippen LogP) is 2.36. The van der Waals surface area contributed by atoms with Gasteiger partial charge in [-0.05, 0) is 43.3 Å². The van der Waals surface area contributed by atoms with Crippen LogP contribution in [0.2, 0.25) is 0 Å². The van der Waals surface area contributed by atoms with Crippen molar-refractivity contribution in [3.05, 3.63) is 53.9 Å². The number of carbonyl (C=O) groups is 1. The fraction of sp³-hybridized carbons (Fsp3) is 0.474. The Morgan fingerprint density at radius 1 is 1.24 bits per heavy atom. The van der Waals surface area contributed by atoms with Gasteiger partial charge in [-0.1, -0.05) is 30.3 Å². The second kappa shape index (κ2) is 7.58. The molecule has 4 rings (SSSR count). The average molecular weight is 361 g/mol. The number of hydrogen-bond acceptors (Lipinski definition) is 3. The zero-order valence-corrected chi connectivity index (χ0v) is 15.1. The van der Waals surface area contributed by atoms with Crippen LogP contribution < -0.4 is 10.6 Å². The first kappa shape index (κ1) is 18.0. The zero-order chi connectivity index (χ0) is 16.4. The van der Waals surface area contributed by atoms with Gasteiger partial charge in [0.1, 0.15) is 0 Å². The highest BCUT2D eigenvalue weighted by molar-refractivity contribution is 5.85. The third kappa shape index (κ3) is 4.05. The van der Waals surface area contributed by atoms with Gasteiger partial charge in [0.15, 0.2) is 0 Å². The van der Waals surface area contributed by atoms with Crippen LogP contribution in [0.25, 0.3) is 0 Å². The predicted molar refractivity (Wildman–Crippen MR) is 99.5 cm³/mol. The largest absolute Gasteiger partial charge is 0.352 e. The van der Waals surface area contributed by atoms with E-state index in [0.717, 1.165) is 44.5 Å². The highest BCUT2D eigenvalue weighted by Gasteiger charge is 2.57. The molecule has 2 fully saturated rings. The Bertz CT molecular complexity index is 709. The molecule has 1 atom stereocenters. The van der Waals surface area contributed by atoms with Gasteiger partial charge in [0, 0.05) is 24.2 Å². The third-order valence-electron chi connectivity index (χ3n) is 5.45. The molecule has 1 aliphatic heterocycles. The molecular weight excluding hydrogens is 336 g/mol. The Morgan fingerprint density at radius 3 is 2.76 bits per heavy atom. The van der Waals surface area contributed by atoms with Gasteiger partial charge in [-0.2, -0.15) is 5.10 Å². The Kier molecular flexibility index (Phi) is 5.45. The number of benzene rings is 1. The van der Waals surface area contributed by atoms with E-state index in [4.69, 9.17) is 0 Å². The van der Waals surface area contributed by atoms with Crippen LogP contribution in [0.15, 0.2) is 42.7 Å². The summed E-state index contributed by atoms with van der Waals surface area (Å²) in [5.41, 5.74) is 2.58. The summed E-state index contributed by atoms with van der Waals surface area (Å²) in [4.78, 5) is 12.4. The SMILES string of the molecule is Cl.O=C(NCc1cnn(Cc2ccccc2)c1)C1CC12CCNCC2. The molecule has 25 heavy (non-hydrogen) atoms. The smallest absolute Gasteiger partial charge is 0.223 e. The van der Waals surface area contributed by atoms with Crippen LogP contribution in [-0.4, -0.2) is 28.8 Å². The maximum atomic E-state index is 12.4. The molecule has 1 saturated carbocycles. The Labute approximate surface area is 154 Å². The number of halogens is 1. The summed E-state index contributed by atoms with van der Waals surface area (Å²) >= 11 is 0. The summed E-state index contributed by atoms with van der Waals surface area (Å²) < 4.78 is 1.92. The van der Waals surface area contributed by atoms with Crippen molar-refractivity contribution in [2.45, 2.75) is 32.4 Å². The number of nitrogens with one attached hydrogen (secondary N) is 2. The third-order valence-corrected chi connectivity index (χ3v) is 5.45. The fourth-order valence-electron chi connectivity index (χ4n) is 3.86. The summed E-state index contributed by atoms with van der Waals surface area (Å²) in [5, 5.41) is 10.9. The van der Waals surface area contributed by atoms with Crippen molar-refractivity contribution in [3.8, 4) is 0 Å². The van der Waals surface area contributed by atoms with Crippen LogP contribution in [0.4, 0.5) is 0 Å². The summed E-state index contributed by atoms with van der Waals surface area (Å²) in [5.74, 6) is 0.437. The zero-order valence-electron chi connectivity index (χ0n) is 14.3. The molecule has 2 aromatic rings. The Hall–Kier alpha value is -1.85. The Balaban J connectivity index is 0.00000182. The summed E-state index contributed by atoms with van der Waals surface area (Å²) in [6.07, 6.45) is 7.20. The van der Waals surface area contributed by atoms with E-state index < -0.39 is 0 Å². The highest BCUT2D eigenvalue weighted by atomic mass is 35.5. The van der Waals surface area contributed by atoms with Crippen LogP contribution in [0.3, 0.4) is 0 Å². The van der Waals surface area contributed by atoms with Crippen molar-refractivity contribution < 1.29 is 4.79 Å². The average Bonchev–Trinajstić information content (AvgIpc) is 3.11. The minimum absolute atomic E-state index is 0. The molecule has 1 aliphatic carbocycles. The van der Waals surface area contributed by atoms with Crippen molar-refractivity contribution in [1.29, 1.82) is 0 Å². The minimum Gasteiger partial charge on any atom is -0.352 e. The molecular formula is C19H25ClN4O. The summed E-state index contributed by atoms with van der Waals surface area (Å²) in [6, 6.07) is 10.3. The molecule has 6 heteroatoms. The Morgan fingerprint density at radius 2 is 2.00 bits per heavy atom. The topological polar surface area (TPSA) is 59.0 Å². The van der Waals surface area contributed by atoms with E-state index in [1.54, 1.807) is 0 Å². The molecule has 1 saturated heterocycles. The summed E-state index contributed by atoms with van der Waals surface area (Å²) in [6.45, 7) is 3.43. The molecule has 134 valence electrons. The number of hydrogen-bond donors (Lipinski definition) is 2. The lowest BCUT2D eigenvalue weighted by Gasteiger charge is -2.23. The maximum absolute atomic E-state index is 12.4. The van der Waals surface area contributed by atoms with E-state index in [1.165, 1.54) is 5.56 Å². The first-order valence-electron chi connectivity index (χ1n) is 8.79. The molecule has 2 aliphatic rings. The molecule has 1 aromatic carbocycles. The molecule has 2 N–H and O–H groups in total. The van der Waals surface area contributed by atoms with Gasteiger partial charge in [0.25, 0.3) is 0 Å². The van der Waals surface area contributed by atoms with E-state index in [2.05, 4.69) is 27.9 Å². The van der Waals surface area contributed by atoms with E-state index in [-0.39, 0.29) is 24.2 Å². The van der Waals surface area contributed by atoms with Crippen molar-refractivity contribution in [3.63, 3.8) is 0 Å². The number of aromatic nitrogens is 2. The minimum atomic E-state index is 0. The lowest BCUT2D eigenvalue weighted by atomic mass is 9.92. The monoisotopic (exact) mass is 360 g/mol. The molecule has 1 spiro atoms. The second-order valence-electron chi connectivity index (χ2n) is 7.12. The number of piperidine rings is 1. The van der Waals surface area contributed by atoms with Crippen molar-refractivity contribution in [2.75, 3.05) is 13.1 Å². The van der Waals surface area contributed by atoms with Crippen molar-refractivity contribution in [2.24, 2.45) is 11.3 Å². The number of carbonyl (C=O) groups excluding carboxylic acids is 1. The van der Waals surface area contributed by atoms with E-state index in [0.29, 0.717) is 12.0 Å². The molecule has 0 bridgehead atoms. The van der Waals surface area contributed by atoms with Gasteiger partial charge in [-0.15, -0.1) is 12.4 Å². The first-order valence-corrected chi connectivity index (χ1v) is 8.79. The van der Waals surface area contributed by atoms with Crippen LogP contribution in [0.5, 0.6) is 0 Å². The standard InChI is InChI=1S/C19H24N4O.ClH/c24-18(17-10-19(17)6-8-20-9-7-19)21-11-16-12-22-23(14-16)13-15-4-2-1-3-5-15;/h1-5,12,14,17,20H,6-11,13H2,(H,21,24);1H. The van der Waals surface area contributed by atoms with Crippen LogP contribution in [-0.2, 0) is 17.9 Å². The van der Waals surface area contributed by atoms with Gasteiger partial charge in [0.05, 0.1) is 12.7 Å². The molecule has 0 radical (unpaired) electrons. The molecule has 2 heterocycles. The van der Waals surface area contributed by atoms with Crippen LogP contribution in [0, 0.1) is 11.3 Å². The van der Waals surface area contributed by atoms with Crippen molar-refractivity contribution in [1.82, 2.24) is 20.4 Å². The molecule has 1 unspecified atom stereocenters. The lowest BCUT2D eigenvalue weighted by molar-refractivity contribution is -0.123. The first-order chi connectivity index (χ1) is 11.8. The normalized spacial score (nSPS) is 20.7. The van der Waals surface area contributed by atoms with E-state index in [1.807, 2.05) is 35.3 Å². The fourth-order valence-corrected chi connectivity index (χ4v) is 3.86. The number of amides is 1. The van der Waals surface area contributed by atoms with Gasteiger partial charge in [0.2, 0.25) is 5.91 Å². The van der Waals surface area contributed by atoms with Gasteiger partial charge < -0.3 is 10.6 Å². The van der Waals surface area contributed by atoms with Crippen LogP contribution in [0.1, 0.15) is 30.4 Å². The summed E-state index contributed by atoms with van der Waals surface area (Å²) in [7, 11) is 0. The maximum Gasteiger partial charge on any atom is 0.223 e. The van der Waals surface area contributed by atoms with E-state index >= 15 is 0 Å². The van der Waals surface area contributed by atoms with Crippen molar-refractivity contribution >= 4 is 18.3 Å². The number of rotatable bonds is 5. The quantitative estimate of drug-likeness (QED) is 0.860. The highest BCUT2D eigenvalue weighted by Crippen LogP contribution is 2.58. The van der Waals surface area contributed by atoms with Gasteiger partial charge >= 0.3 is 0 Å². The lowest BCUT2D eigenvalue weighted by Crippen LogP contribution is -2.33. The van der Waals surface area contributed by atoms with Crippen LogP contribution >= 0.6 is 12.4 Å². The van der Waals surface area contributed by atoms with E-state index in [9.17, 15) is 4.79 Å². The molecule has 1 amide bonds. The van der Waals surface area contributed by atoms with Gasteiger partial charge in [-0.25, -0.2) is 0 Å². The second-order valence-corrected chi connectivity index (χ2v) is 7.12. The number of nitrogens with zero attached hydrogens (tertiary/aromatic N) is 2. The van der Waals surface area contributed by atoms with Gasteiger partial charge in [-0.3, -0.25) is 9.48 Å². The molecule has 5 nitrogen and oxygen atoms in total.